The summed E-state index contributed by atoms with van der Waals surface area (Å²) in [6.07, 6.45) is 1.58. The lowest BCUT2D eigenvalue weighted by atomic mass is 10.2. The van der Waals surface area contributed by atoms with Crippen molar-refractivity contribution in [3.8, 4) is 0 Å². The van der Waals surface area contributed by atoms with Gasteiger partial charge >= 0.3 is 0 Å². The van der Waals surface area contributed by atoms with Crippen molar-refractivity contribution in [3.05, 3.63) is 45.9 Å². The van der Waals surface area contributed by atoms with Gasteiger partial charge in [-0.2, -0.15) is 0 Å². The standard InChI is InChI=1S/C12H11ClN2OS/c1-8-14-7-11(17-8)12(16)15-10-4-2-3-9(5-10)6-13/h2-5,7H,6H2,1H3,(H,15,16). The van der Waals surface area contributed by atoms with Gasteiger partial charge < -0.3 is 5.32 Å². The molecule has 1 aromatic carbocycles. The molecule has 0 aliphatic carbocycles. The van der Waals surface area contributed by atoms with Gasteiger partial charge in [-0.1, -0.05) is 12.1 Å². The smallest absolute Gasteiger partial charge is 0.267 e. The van der Waals surface area contributed by atoms with Crippen LogP contribution < -0.4 is 5.32 Å². The summed E-state index contributed by atoms with van der Waals surface area (Å²) in [5.74, 6) is 0.297. The van der Waals surface area contributed by atoms with Crippen LogP contribution in [0.1, 0.15) is 20.2 Å². The van der Waals surface area contributed by atoms with Gasteiger partial charge in [0.15, 0.2) is 0 Å². The first-order valence-electron chi connectivity index (χ1n) is 5.08. The molecule has 2 aromatic rings. The van der Waals surface area contributed by atoms with E-state index in [1.54, 1.807) is 6.20 Å². The van der Waals surface area contributed by atoms with Crippen LogP contribution >= 0.6 is 22.9 Å². The van der Waals surface area contributed by atoms with E-state index < -0.39 is 0 Å². The van der Waals surface area contributed by atoms with Crippen LogP contribution in [0.15, 0.2) is 30.5 Å². The van der Waals surface area contributed by atoms with E-state index in [9.17, 15) is 4.79 Å². The van der Waals surface area contributed by atoms with E-state index in [0.717, 1.165) is 16.3 Å². The third kappa shape index (κ3) is 3.05. The number of carbonyl (C=O) groups excluding carboxylic acids is 1. The van der Waals surface area contributed by atoms with Crippen molar-refractivity contribution < 1.29 is 4.79 Å². The number of rotatable bonds is 3. The highest BCUT2D eigenvalue weighted by molar-refractivity contribution is 7.13. The molecule has 1 amide bonds. The van der Waals surface area contributed by atoms with Crippen LogP contribution in [0.4, 0.5) is 5.69 Å². The highest BCUT2D eigenvalue weighted by Crippen LogP contribution is 2.16. The van der Waals surface area contributed by atoms with Crippen molar-refractivity contribution in [3.63, 3.8) is 0 Å². The van der Waals surface area contributed by atoms with Crippen LogP contribution in [0.2, 0.25) is 0 Å². The summed E-state index contributed by atoms with van der Waals surface area (Å²) in [6, 6.07) is 7.48. The third-order valence-electron chi connectivity index (χ3n) is 2.18. The predicted octanol–water partition coefficient (Wildman–Crippen LogP) is 3.44. The maximum absolute atomic E-state index is 11.9. The van der Waals surface area contributed by atoms with E-state index in [2.05, 4.69) is 10.3 Å². The van der Waals surface area contributed by atoms with Crippen molar-refractivity contribution in [2.75, 3.05) is 5.32 Å². The maximum atomic E-state index is 11.9. The van der Waals surface area contributed by atoms with E-state index in [1.807, 2.05) is 31.2 Å². The molecule has 2 rings (SSSR count). The Morgan fingerprint density at radius 1 is 1.53 bits per heavy atom. The average Bonchev–Trinajstić information content (AvgIpc) is 2.76. The van der Waals surface area contributed by atoms with Crippen molar-refractivity contribution in [2.45, 2.75) is 12.8 Å². The highest BCUT2D eigenvalue weighted by Gasteiger charge is 2.09. The fourth-order valence-electron chi connectivity index (χ4n) is 1.39. The van der Waals surface area contributed by atoms with Gasteiger partial charge in [-0.25, -0.2) is 4.98 Å². The van der Waals surface area contributed by atoms with Crippen molar-refractivity contribution in [1.82, 2.24) is 4.98 Å². The molecule has 0 aliphatic heterocycles. The van der Waals surface area contributed by atoms with Crippen LogP contribution in [0.25, 0.3) is 0 Å². The number of halogens is 1. The van der Waals surface area contributed by atoms with Crippen LogP contribution in [-0.4, -0.2) is 10.9 Å². The lowest BCUT2D eigenvalue weighted by Gasteiger charge is -2.04. The number of amides is 1. The maximum Gasteiger partial charge on any atom is 0.267 e. The van der Waals surface area contributed by atoms with Crippen LogP contribution in [0, 0.1) is 6.92 Å². The number of aromatic nitrogens is 1. The van der Waals surface area contributed by atoms with E-state index in [1.165, 1.54) is 11.3 Å². The first-order valence-corrected chi connectivity index (χ1v) is 6.43. The molecular formula is C12H11ClN2OS. The number of hydrogen-bond acceptors (Lipinski definition) is 3. The summed E-state index contributed by atoms with van der Waals surface area (Å²) >= 11 is 7.11. The molecule has 0 spiro atoms. The van der Waals surface area contributed by atoms with E-state index >= 15 is 0 Å². The second-order valence-corrected chi connectivity index (χ2v) is 5.03. The van der Waals surface area contributed by atoms with E-state index in [-0.39, 0.29) is 5.91 Å². The Hall–Kier alpha value is -1.39. The van der Waals surface area contributed by atoms with Crippen LogP contribution in [0.5, 0.6) is 0 Å². The molecule has 0 radical (unpaired) electrons. The molecule has 0 bridgehead atoms. The van der Waals surface area contributed by atoms with Crippen molar-refractivity contribution in [1.29, 1.82) is 0 Å². The van der Waals surface area contributed by atoms with Gasteiger partial charge in [0, 0.05) is 11.6 Å². The molecule has 0 fully saturated rings. The predicted molar refractivity (Wildman–Crippen MR) is 70.8 cm³/mol. The van der Waals surface area contributed by atoms with Gasteiger partial charge in [0.25, 0.3) is 5.91 Å². The quantitative estimate of drug-likeness (QED) is 0.865. The Morgan fingerprint density at radius 3 is 3.00 bits per heavy atom. The minimum absolute atomic E-state index is 0.137. The number of anilines is 1. The van der Waals surface area contributed by atoms with Gasteiger partial charge in [0.2, 0.25) is 0 Å². The van der Waals surface area contributed by atoms with Crippen LogP contribution in [0.3, 0.4) is 0 Å². The second-order valence-electron chi connectivity index (χ2n) is 3.53. The molecule has 0 saturated carbocycles. The topological polar surface area (TPSA) is 42.0 Å². The molecule has 0 saturated heterocycles. The molecule has 0 atom stereocenters. The minimum Gasteiger partial charge on any atom is -0.321 e. The SMILES string of the molecule is Cc1ncc(C(=O)Nc2cccc(CCl)c2)s1. The van der Waals surface area contributed by atoms with Gasteiger partial charge in [-0.3, -0.25) is 4.79 Å². The first kappa shape index (κ1) is 12.1. The lowest BCUT2D eigenvalue weighted by molar-refractivity contribution is 0.103. The van der Waals surface area contributed by atoms with Gasteiger partial charge in [0.1, 0.15) is 4.88 Å². The van der Waals surface area contributed by atoms with E-state index in [0.29, 0.717) is 10.8 Å². The van der Waals surface area contributed by atoms with Gasteiger partial charge in [-0.15, -0.1) is 22.9 Å². The molecule has 88 valence electrons. The second kappa shape index (κ2) is 5.29. The Kier molecular flexibility index (Phi) is 3.76. The number of carbonyl (C=O) groups is 1. The Balaban J connectivity index is 2.12. The summed E-state index contributed by atoms with van der Waals surface area (Å²) in [5.41, 5.74) is 1.73. The largest absolute Gasteiger partial charge is 0.321 e. The first-order chi connectivity index (χ1) is 8.19. The molecule has 0 aliphatic rings. The molecule has 0 unspecified atom stereocenters. The molecule has 1 aromatic heterocycles. The molecule has 1 heterocycles. The fourth-order valence-corrected chi connectivity index (χ4v) is 2.23. The number of nitrogens with zero attached hydrogens (tertiary/aromatic N) is 1. The number of aryl methyl sites for hydroxylation is 1. The Bertz CT molecular complexity index is 539. The molecular weight excluding hydrogens is 256 g/mol. The number of alkyl halides is 1. The summed E-state index contributed by atoms with van der Waals surface area (Å²) in [4.78, 5) is 16.5. The number of hydrogen-bond donors (Lipinski definition) is 1. The lowest BCUT2D eigenvalue weighted by Crippen LogP contribution is -2.10. The Morgan fingerprint density at radius 2 is 2.35 bits per heavy atom. The average molecular weight is 267 g/mol. The zero-order valence-corrected chi connectivity index (χ0v) is 10.8. The van der Waals surface area contributed by atoms with Crippen molar-refractivity contribution in [2.24, 2.45) is 0 Å². The fraction of sp³-hybridized carbons (Fsp3) is 0.167. The van der Waals surface area contributed by atoms with Gasteiger partial charge in [0.05, 0.1) is 11.2 Å². The monoisotopic (exact) mass is 266 g/mol. The number of thiazole rings is 1. The van der Waals surface area contributed by atoms with Gasteiger partial charge in [-0.05, 0) is 24.6 Å². The summed E-state index contributed by atoms with van der Waals surface area (Å²) in [7, 11) is 0. The van der Waals surface area contributed by atoms with E-state index in [4.69, 9.17) is 11.6 Å². The number of nitrogens with one attached hydrogen (secondary N) is 1. The summed E-state index contributed by atoms with van der Waals surface area (Å²) < 4.78 is 0. The summed E-state index contributed by atoms with van der Waals surface area (Å²) in [6.45, 7) is 1.87. The zero-order valence-electron chi connectivity index (χ0n) is 9.24. The number of benzene rings is 1. The Labute approximate surface area is 108 Å². The molecule has 1 N–H and O–H groups in total. The summed E-state index contributed by atoms with van der Waals surface area (Å²) in [5, 5.41) is 3.70. The highest BCUT2D eigenvalue weighted by atomic mass is 35.5. The molecule has 17 heavy (non-hydrogen) atoms. The third-order valence-corrected chi connectivity index (χ3v) is 3.40. The molecule has 5 heteroatoms. The van der Waals surface area contributed by atoms with Crippen molar-refractivity contribution >= 4 is 34.5 Å². The minimum atomic E-state index is -0.137. The molecule has 3 nitrogen and oxygen atoms in total. The zero-order chi connectivity index (χ0) is 12.3. The van der Waals surface area contributed by atoms with Crippen LogP contribution in [-0.2, 0) is 5.88 Å². The normalized spacial score (nSPS) is 10.2.